The molecule has 2 heterocycles. The van der Waals surface area contributed by atoms with Gasteiger partial charge in [-0.1, -0.05) is 18.9 Å². The summed E-state index contributed by atoms with van der Waals surface area (Å²) >= 11 is 3.52. The Labute approximate surface area is 280 Å². The third-order valence-corrected chi connectivity index (χ3v) is 10.9. The number of allylic oxidation sites excluding steroid dienone is 1. The van der Waals surface area contributed by atoms with Gasteiger partial charge in [-0.25, -0.2) is 9.78 Å². The van der Waals surface area contributed by atoms with Crippen molar-refractivity contribution in [2.45, 2.75) is 102 Å². The summed E-state index contributed by atoms with van der Waals surface area (Å²) in [7, 11) is 2.94. The van der Waals surface area contributed by atoms with Crippen LogP contribution in [-0.2, 0) is 23.9 Å². The van der Waals surface area contributed by atoms with Crippen LogP contribution in [0.1, 0.15) is 84.0 Å². The van der Waals surface area contributed by atoms with Crippen molar-refractivity contribution in [1.82, 2.24) is 9.88 Å². The van der Waals surface area contributed by atoms with Gasteiger partial charge >= 0.3 is 11.9 Å². The van der Waals surface area contributed by atoms with Crippen molar-refractivity contribution in [1.29, 1.82) is 0 Å². The molecule has 1 amide bonds. The number of fused-ring (bicyclic) bond motifs is 1. The van der Waals surface area contributed by atoms with Crippen LogP contribution in [0.15, 0.2) is 41.5 Å². The van der Waals surface area contributed by atoms with Crippen LogP contribution < -0.4 is 9.47 Å². The molecule has 3 fully saturated rings. The predicted molar refractivity (Wildman–Crippen MR) is 178 cm³/mol. The Kier molecular flexibility index (Phi) is 11.3. The molecule has 1 saturated heterocycles. The number of carbonyl (C=O) groups excluding carboxylic acids is 3. The van der Waals surface area contributed by atoms with Crippen LogP contribution in [0.3, 0.4) is 0 Å². The van der Waals surface area contributed by atoms with Crippen LogP contribution in [-0.4, -0.2) is 66.2 Å². The molecule has 0 spiro atoms. The number of hydrogen-bond acceptors (Lipinski definition) is 8. The normalized spacial score (nSPS) is 25.4. The lowest BCUT2D eigenvalue weighted by Gasteiger charge is -2.34. The molecule has 5 rings (SSSR count). The monoisotopic (exact) mass is 698 g/mol. The van der Waals surface area contributed by atoms with Crippen molar-refractivity contribution in [2.24, 2.45) is 17.8 Å². The van der Waals surface area contributed by atoms with Crippen LogP contribution in [0, 0.1) is 17.8 Å². The minimum atomic E-state index is -0.809. The molecule has 0 unspecified atom stereocenters. The summed E-state index contributed by atoms with van der Waals surface area (Å²) in [6.45, 7) is 6.08. The highest BCUT2D eigenvalue weighted by Gasteiger charge is 2.47. The number of amides is 1. The lowest BCUT2D eigenvalue weighted by Crippen LogP contribution is -2.46. The molecule has 2 aliphatic carbocycles. The molecule has 250 valence electrons. The molecule has 3 aliphatic rings. The number of benzene rings is 1. The fourth-order valence-corrected chi connectivity index (χ4v) is 8.20. The second kappa shape index (κ2) is 15.2. The maximum Gasteiger partial charge on any atom is 0.328 e. The SMILES string of the molecule is C=CCCC[C@@H]1CCC[C@]1(C)OC(=O)C[C@H](C(=O)N1C[C@H](Oc2cc3cc(OC)ccc3nc2Br)C[C@H]1C(=O)OC)C1CCCC1. The highest BCUT2D eigenvalue weighted by Crippen LogP contribution is 2.43. The number of aromatic nitrogens is 1. The molecule has 46 heavy (non-hydrogen) atoms. The Morgan fingerprint density at radius 2 is 1.93 bits per heavy atom. The quantitative estimate of drug-likeness (QED) is 0.0938. The van der Waals surface area contributed by atoms with Crippen molar-refractivity contribution < 1.29 is 33.3 Å². The highest BCUT2D eigenvalue weighted by atomic mass is 79.9. The Morgan fingerprint density at radius 1 is 1.15 bits per heavy atom. The summed E-state index contributed by atoms with van der Waals surface area (Å²) in [5.41, 5.74) is 0.255. The molecule has 1 aromatic carbocycles. The maximum absolute atomic E-state index is 14.4. The summed E-state index contributed by atoms with van der Waals surface area (Å²) in [6, 6.07) is 6.66. The summed E-state index contributed by atoms with van der Waals surface area (Å²) in [5.74, 6) is -0.00891. The van der Waals surface area contributed by atoms with Gasteiger partial charge in [-0.05, 0) is 110 Å². The van der Waals surface area contributed by atoms with Crippen LogP contribution in [0.2, 0.25) is 0 Å². The number of pyridine rings is 1. The van der Waals surface area contributed by atoms with Gasteiger partial charge in [0.2, 0.25) is 5.91 Å². The van der Waals surface area contributed by atoms with Gasteiger partial charge in [-0.3, -0.25) is 9.59 Å². The van der Waals surface area contributed by atoms with Gasteiger partial charge in [-0.15, -0.1) is 6.58 Å². The number of halogens is 1. The molecule has 0 N–H and O–H groups in total. The Balaban J connectivity index is 1.32. The van der Waals surface area contributed by atoms with Crippen molar-refractivity contribution in [3.63, 3.8) is 0 Å². The van der Waals surface area contributed by atoms with Gasteiger partial charge in [0.25, 0.3) is 0 Å². The van der Waals surface area contributed by atoms with E-state index in [1.165, 1.54) is 7.11 Å². The highest BCUT2D eigenvalue weighted by molar-refractivity contribution is 9.10. The minimum absolute atomic E-state index is 0.0103. The maximum atomic E-state index is 14.4. The number of carbonyl (C=O) groups is 3. The summed E-state index contributed by atoms with van der Waals surface area (Å²) in [5, 5.41) is 0.840. The lowest BCUT2D eigenvalue weighted by atomic mass is 9.85. The Hall–Kier alpha value is -3.14. The number of esters is 2. The largest absolute Gasteiger partial charge is 0.497 e. The molecule has 9 nitrogen and oxygen atoms in total. The molecule has 5 atom stereocenters. The van der Waals surface area contributed by atoms with Crippen molar-refractivity contribution >= 4 is 44.7 Å². The summed E-state index contributed by atoms with van der Waals surface area (Å²) < 4.78 is 23.6. The van der Waals surface area contributed by atoms with E-state index in [0.29, 0.717) is 22.0 Å². The minimum Gasteiger partial charge on any atom is -0.497 e. The first-order valence-corrected chi connectivity index (χ1v) is 17.5. The standard InChI is InChI=1S/C36H47BrN2O7/c1-5-6-7-13-25-14-10-17-36(25,2)46-32(40)21-28(23-11-8-9-12-23)34(41)39-22-27(20-30(39)35(42)44-4)45-31-19-24-18-26(43-3)15-16-29(24)38-33(31)37/h5,15-16,18-19,23,25,27-28,30H,1,6-14,17,20-22H2,2-4H3/t25-,27-,28+,30+,36+/m1/s1. The summed E-state index contributed by atoms with van der Waals surface area (Å²) in [6.07, 6.45) is 11.4. The summed E-state index contributed by atoms with van der Waals surface area (Å²) in [4.78, 5) is 47.2. The Morgan fingerprint density at radius 3 is 2.65 bits per heavy atom. The van der Waals surface area contributed by atoms with E-state index < -0.39 is 29.6 Å². The third-order valence-electron chi connectivity index (χ3n) is 10.3. The molecule has 1 aliphatic heterocycles. The second-order valence-electron chi connectivity index (χ2n) is 13.3. The third kappa shape index (κ3) is 7.69. The van der Waals surface area contributed by atoms with E-state index in [0.717, 1.165) is 75.1 Å². The molecular formula is C36H47BrN2O7. The Bertz CT molecular complexity index is 1430. The van der Waals surface area contributed by atoms with E-state index in [1.807, 2.05) is 30.3 Å². The molecule has 10 heteroatoms. The number of likely N-dealkylation sites (tertiary alicyclic amines) is 1. The predicted octanol–water partition coefficient (Wildman–Crippen LogP) is 7.18. The van der Waals surface area contributed by atoms with Gasteiger partial charge in [-0.2, -0.15) is 0 Å². The molecule has 2 saturated carbocycles. The lowest BCUT2D eigenvalue weighted by molar-refractivity contribution is -0.166. The van der Waals surface area contributed by atoms with Crippen molar-refractivity contribution in [3.05, 3.63) is 41.5 Å². The molecular weight excluding hydrogens is 652 g/mol. The van der Waals surface area contributed by atoms with Gasteiger partial charge < -0.3 is 23.8 Å². The zero-order valence-corrected chi connectivity index (χ0v) is 28.9. The van der Waals surface area contributed by atoms with E-state index in [2.05, 4.69) is 34.4 Å². The smallest absolute Gasteiger partial charge is 0.328 e. The average Bonchev–Trinajstić information content (AvgIpc) is 3.80. The topological polar surface area (TPSA) is 104 Å². The first-order chi connectivity index (χ1) is 22.1. The number of hydrogen-bond donors (Lipinski definition) is 0. The number of unbranched alkanes of at least 4 members (excludes halogenated alkanes) is 1. The van der Waals surface area contributed by atoms with Gasteiger partial charge in [0.15, 0.2) is 5.75 Å². The zero-order chi connectivity index (χ0) is 32.8. The fraction of sp³-hybridized carbons (Fsp3) is 0.611. The van der Waals surface area contributed by atoms with Crippen LogP contribution in [0.5, 0.6) is 11.5 Å². The van der Waals surface area contributed by atoms with Gasteiger partial charge in [0.1, 0.15) is 28.1 Å². The van der Waals surface area contributed by atoms with Crippen molar-refractivity contribution in [3.8, 4) is 11.5 Å². The van der Waals surface area contributed by atoms with E-state index in [1.54, 1.807) is 12.0 Å². The number of nitrogens with zero attached hydrogens (tertiary/aromatic N) is 2. The van der Waals surface area contributed by atoms with E-state index in [4.69, 9.17) is 18.9 Å². The van der Waals surface area contributed by atoms with Gasteiger partial charge in [0.05, 0.1) is 38.6 Å². The number of rotatable bonds is 13. The van der Waals surface area contributed by atoms with E-state index in [9.17, 15) is 14.4 Å². The van der Waals surface area contributed by atoms with Crippen molar-refractivity contribution in [2.75, 3.05) is 20.8 Å². The van der Waals surface area contributed by atoms with E-state index in [-0.39, 0.29) is 37.2 Å². The van der Waals surface area contributed by atoms with Crippen LogP contribution >= 0.6 is 15.9 Å². The first kappa shape index (κ1) is 34.2. The van der Waals surface area contributed by atoms with Gasteiger partial charge in [0, 0.05) is 11.8 Å². The number of methoxy groups -OCH3 is 2. The van der Waals surface area contributed by atoms with Crippen LogP contribution in [0.4, 0.5) is 0 Å². The molecule has 1 aromatic heterocycles. The van der Waals surface area contributed by atoms with E-state index >= 15 is 0 Å². The average molecular weight is 700 g/mol. The fourth-order valence-electron chi connectivity index (χ4n) is 7.80. The molecule has 2 aromatic rings. The van der Waals surface area contributed by atoms with Crippen LogP contribution in [0.25, 0.3) is 10.9 Å². The zero-order valence-electron chi connectivity index (χ0n) is 27.3. The first-order valence-electron chi connectivity index (χ1n) is 16.7. The number of ether oxygens (including phenoxy) is 4. The second-order valence-corrected chi connectivity index (χ2v) is 14.0. The molecule has 0 bridgehead atoms. The molecule has 0 radical (unpaired) electrons.